The summed E-state index contributed by atoms with van der Waals surface area (Å²) in [7, 11) is 0. The van der Waals surface area contributed by atoms with Gasteiger partial charge in [-0.1, -0.05) is 24.8 Å². The Bertz CT molecular complexity index is 264. The molecule has 0 aliphatic carbocycles. The molecular formula is C10H9O2. The minimum Gasteiger partial charge on any atom is -0.485 e. The number of hydrogen-bond acceptors (Lipinski definition) is 2. The molecule has 0 atom stereocenters. The molecule has 0 saturated carbocycles. The smallest absolute Gasteiger partial charge is 0.192 e. The van der Waals surface area contributed by atoms with E-state index in [2.05, 4.69) is 12.6 Å². The van der Waals surface area contributed by atoms with Crippen LogP contribution in [-0.2, 0) is 4.79 Å². The third-order valence-corrected chi connectivity index (χ3v) is 1.28. The summed E-state index contributed by atoms with van der Waals surface area (Å²) in [5.74, 6) is 0.444. The molecule has 0 amide bonds. The minimum atomic E-state index is -0.132. The van der Waals surface area contributed by atoms with Crippen molar-refractivity contribution in [2.45, 2.75) is 0 Å². The number of ether oxygens (including phenoxy) is 1. The van der Waals surface area contributed by atoms with E-state index in [9.17, 15) is 4.79 Å². The Balaban J connectivity index is 2.43. The number of para-hydroxylation sites is 1. The van der Waals surface area contributed by atoms with E-state index in [0.717, 1.165) is 0 Å². The van der Waals surface area contributed by atoms with Crippen LogP contribution in [0.1, 0.15) is 0 Å². The van der Waals surface area contributed by atoms with E-state index >= 15 is 0 Å². The van der Waals surface area contributed by atoms with E-state index in [0.29, 0.717) is 5.75 Å². The maximum Gasteiger partial charge on any atom is 0.192 e. The Morgan fingerprint density at radius 1 is 1.67 bits per heavy atom. The predicted molar refractivity (Wildman–Crippen MR) is 46.0 cm³/mol. The van der Waals surface area contributed by atoms with Crippen LogP contribution in [0.25, 0.3) is 0 Å². The fourth-order valence-electron chi connectivity index (χ4n) is 0.674. The summed E-state index contributed by atoms with van der Waals surface area (Å²) in [5, 5.41) is 0. The van der Waals surface area contributed by atoms with Crippen LogP contribution in [0.3, 0.4) is 0 Å². The molecule has 0 aliphatic rings. The van der Waals surface area contributed by atoms with Gasteiger partial charge in [0.15, 0.2) is 12.4 Å². The molecule has 0 bridgehead atoms. The third kappa shape index (κ3) is 2.58. The van der Waals surface area contributed by atoms with Gasteiger partial charge in [-0.3, -0.25) is 4.79 Å². The Morgan fingerprint density at radius 2 is 2.50 bits per heavy atom. The quantitative estimate of drug-likeness (QED) is 0.627. The summed E-state index contributed by atoms with van der Waals surface area (Å²) in [6, 6.07) is 9.97. The molecule has 0 spiro atoms. The van der Waals surface area contributed by atoms with Gasteiger partial charge in [-0.15, -0.1) is 0 Å². The Labute approximate surface area is 71.5 Å². The molecule has 1 rings (SSSR count). The van der Waals surface area contributed by atoms with Crippen molar-refractivity contribution in [3.63, 3.8) is 0 Å². The van der Waals surface area contributed by atoms with E-state index in [-0.39, 0.29) is 12.4 Å². The molecule has 0 fully saturated rings. The van der Waals surface area contributed by atoms with Crippen molar-refractivity contribution in [1.82, 2.24) is 0 Å². The highest BCUT2D eigenvalue weighted by molar-refractivity contribution is 5.90. The zero-order valence-corrected chi connectivity index (χ0v) is 6.62. The van der Waals surface area contributed by atoms with Gasteiger partial charge in [-0.2, -0.15) is 0 Å². The lowest BCUT2D eigenvalue weighted by molar-refractivity contribution is -0.116. The highest BCUT2D eigenvalue weighted by Crippen LogP contribution is 2.06. The lowest BCUT2D eigenvalue weighted by atomic mass is 10.3. The predicted octanol–water partition coefficient (Wildman–Crippen LogP) is 1.62. The average molecular weight is 161 g/mol. The normalized spacial score (nSPS) is 9.00. The van der Waals surface area contributed by atoms with Crippen LogP contribution in [0.5, 0.6) is 5.75 Å². The first-order valence-electron chi connectivity index (χ1n) is 3.57. The number of carbonyl (C=O) groups is 1. The summed E-state index contributed by atoms with van der Waals surface area (Å²) in [4.78, 5) is 10.7. The Morgan fingerprint density at radius 3 is 3.08 bits per heavy atom. The molecule has 1 aromatic carbocycles. The first-order chi connectivity index (χ1) is 5.83. The highest BCUT2D eigenvalue weighted by Gasteiger charge is 1.96. The lowest BCUT2D eigenvalue weighted by Gasteiger charge is -2.01. The van der Waals surface area contributed by atoms with Gasteiger partial charge in [0.2, 0.25) is 0 Å². The number of ketones is 1. The number of hydrogen-bond donors (Lipinski definition) is 0. The first kappa shape index (κ1) is 8.53. The van der Waals surface area contributed by atoms with Crippen molar-refractivity contribution in [3.8, 4) is 5.75 Å². The molecular weight excluding hydrogens is 152 g/mol. The fraction of sp³-hybridized carbons (Fsp3) is 0.100. The maximum absolute atomic E-state index is 10.7. The monoisotopic (exact) mass is 161 g/mol. The zero-order valence-electron chi connectivity index (χ0n) is 6.62. The van der Waals surface area contributed by atoms with Gasteiger partial charge < -0.3 is 4.74 Å². The van der Waals surface area contributed by atoms with Gasteiger partial charge in [0.25, 0.3) is 0 Å². The molecule has 0 heterocycles. The topological polar surface area (TPSA) is 26.3 Å². The van der Waals surface area contributed by atoms with Crippen molar-refractivity contribution in [2.75, 3.05) is 6.61 Å². The van der Waals surface area contributed by atoms with Gasteiger partial charge in [-0.25, -0.2) is 0 Å². The van der Waals surface area contributed by atoms with E-state index in [1.54, 1.807) is 12.1 Å². The SMILES string of the molecule is C=CC(=O)COc1[c]cccc1. The molecule has 12 heavy (non-hydrogen) atoms. The summed E-state index contributed by atoms with van der Waals surface area (Å²) in [6.45, 7) is 3.36. The Hall–Kier alpha value is -1.57. The minimum absolute atomic E-state index is 0.0318. The molecule has 2 heteroatoms. The molecule has 2 nitrogen and oxygen atoms in total. The third-order valence-electron chi connectivity index (χ3n) is 1.28. The zero-order chi connectivity index (χ0) is 8.81. The van der Waals surface area contributed by atoms with Gasteiger partial charge in [-0.05, 0) is 12.1 Å². The van der Waals surface area contributed by atoms with Crippen LogP contribution in [0.4, 0.5) is 0 Å². The first-order valence-corrected chi connectivity index (χ1v) is 3.57. The van der Waals surface area contributed by atoms with Crippen LogP contribution in [0.15, 0.2) is 36.9 Å². The summed E-state index contributed by atoms with van der Waals surface area (Å²) >= 11 is 0. The van der Waals surface area contributed by atoms with Crippen LogP contribution in [0.2, 0.25) is 0 Å². The van der Waals surface area contributed by atoms with Gasteiger partial charge >= 0.3 is 0 Å². The largest absolute Gasteiger partial charge is 0.485 e. The van der Waals surface area contributed by atoms with Gasteiger partial charge in [0.05, 0.1) is 0 Å². The molecule has 0 unspecified atom stereocenters. The molecule has 0 aromatic heterocycles. The average Bonchev–Trinajstić information content (AvgIpc) is 2.16. The summed E-state index contributed by atoms with van der Waals surface area (Å²) in [5.41, 5.74) is 0. The highest BCUT2D eigenvalue weighted by atomic mass is 16.5. The van der Waals surface area contributed by atoms with Crippen molar-refractivity contribution in [3.05, 3.63) is 43.0 Å². The Kier molecular flexibility index (Phi) is 3.08. The number of carbonyl (C=O) groups excluding carboxylic acids is 1. The second-order valence-corrected chi connectivity index (χ2v) is 2.19. The molecule has 0 aliphatic heterocycles. The van der Waals surface area contributed by atoms with Crippen LogP contribution in [-0.4, -0.2) is 12.4 Å². The van der Waals surface area contributed by atoms with E-state index in [1.165, 1.54) is 6.08 Å². The van der Waals surface area contributed by atoms with Crippen molar-refractivity contribution in [1.29, 1.82) is 0 Å². The second-order valence-electron chi connectivity index (χ2n) is 2.19. The lowest BCUT2D eigenvalue weighted by Crippen LogP contribution is -2.07. The number of rotatable bonds is 4. The fourth-order valence-corrected chi connectivity index (χ4v) is 0.674. The van der Waals surface area contributed by atoms with Crippen molar-refractivity contribution >= 4 is 5.78 Å². The van der Waals surface area contributed by atoms with Crippen molar-refractivity contribution < 1.29 is 9.53 Å². The molecule has 1 radical (unpaired) electrons. The number of benzene rings is 1. The standard InChI is InChI=1S/C10H9O2/c1-2-9(11)8-12-10-6-4-3-5-7-10/h2-6H,1,8H2. The van der Waals surface area contributed by atoms with E-state index < -0.39 is 0 Å². The molecule has 1 aromatic rings. The summed E-state index contributed by atoms with van der Waals surface area (Å²) < 4.78 is 5.08. The van der Waals surface area contributed by atoms with Crippen LogP contribution in [0, 0.1) is 6.07 Å². The second kappa shape index (κ2) is 4.34. The van der Waals surface area contributed by atoms with Gasteiger partial charge in [0, 0.05) is 6.07 Å². The van der Waals surface area contributed by atoms with Gasteiger partial charge in [0.1, 0.15) is 5.75 Å². The van der Waals surface area contributed by atoms with E-state index in [4.69, 9.17) is 4.74 Å². The molecule has 0 N–H and O–H groups in total. The van der Waals surface area contributed by atoms with E-state index in [1.807, 2.05) is 12.1 Å². The van der Waals surface area contributed by atoms with Crippen LogP contribution < -0.4 is 4.74 Å². The van der Waals surface area contributed by atoms with Crippen molar-refractivity contribution in [2.24, 2.45) is 0 Å². The molecule has 0 saturated heterocycles. The summed E-state index contributed by atoms with van der Waals surface area (Å²) in [6.07, 6.45) is 1.24. The molecule has 61 valence electrons. The maximum atomic E-state index is 10.7. The van der Waals surface area contributed by atoms with Crippen LogP contribution >= 0.6 is 0 Å².